The van der Waals surface area contributed by atoms with E-state index >= 15 is 0 Å². The van der Waals surface area contributed by atoms with Gasteiger partial charge in [-0.05, 0) is 43.9 Å². The van der Waals surface area contributed by atoms with Gasteiger partial charge in [-0.15, -0.1) is 0 Å². The van der Waals surface area contributed by atoms with Gasteiger partial charge in [0.15, 0.2) is 0 Å². The van der Waals surface area contributed by atoms with Gasteiger partial charge in [-0.1, -0.05) is 11.6 Å². The number of carbonyl (C=O) groups is 3. The Morgan fingerprint density at radius 3 is 2.64 bits per heavy atom. The van der Waals surface area contributed by atoms with E-state index in [1.807, 2.05) is 4.90 Å². The van der Waals surface area contributed by atoms with E-state index in [0.717, 1.165) is 12.8 Å². The van der Waals surface area contributed by atoms with Gasteiger partial charge in [0.2, 0.25) is 17.6 Å². The molecule has 0 unspecified atom stereocenters. The Hall–Kier alpha value is -3.70. The number of fused-ring (bicyclic) bond motifs is 1. The smallest absolute Gasteiger partial charge is 0.294 e. The summed E-state index contributed by atoms with van der Waals surface area (Å²) in [5.74, 6) is -0.852. The normalized spacial score (nSPS) is 20.4. The van der Waals surface area contributed by atoms with Crippen LogP contribution in [0, 0.1) is 5.92 Å². The lowest BCUT2D eigenvalue weighted by Gasteiger charge is -2.38. The number of hydrogen-bond acceptors (Lipinski definition) is 8. The first kappa shape index (κ1) is 24.0. The predicted octanol–water partition coefficient (Wildman–Crippen LogP) is 3.07. The average Bonchev–Trinajstić information content (AvgIpc) is 3.25. The molecule has 0 bridgehead atoms. The number of nitrogens with two attached hydrogens (primary N) is 1. The number of pyridine rings is 2. The number of anilines is 3. The summed E-state index contributed by atoms with van der Waals surface area (Å²) in [4.78, 5) is 48.5. The van der Waals surface area contributed by atoms with Gasteiger partial charge < -0.3 is 30.4 Å². The quantitative estimate of drug-likeness (QED) is 0.471. The zero-order valence-corrected chi connectivity index (χ0v) is 20.1. The molecule has 5 rings (SSSR count). The monoisotopic (exact) mass is 512 g/mol. The number of nitrogen functional groups attached to an aromatic ring is 1. The van der Waals surface area contributed by atoms with E-state index in [1.54, 1.807) is 18.2 Å². The first-order chi connectivity index (χ1) is 17.4. The Morgan fingerprint density at radius 2 is 1.92 bits per heavy atom. The van der Waals surface area contributed by atoms with Crippen LogP contribution in [-0.4, -0.2) is 58.4 Å². The molecule has 2 aliphatic rings. The van der Waals surface area contributed by atoms with E-state index in [9.17, 15) is 14.4 Å². The largest absolute Gasteiger partial charge is 0.448 e. The topological polar surface area (TPSA) is 153 Å². The van der Waals surface area contributed by atoms with E-state index < -0.39 is 5.91 Å². The number of nitrogens with zero attached hydrogens (tertiary/aromatic N) is 3. The van der Waals surface area contributed by atoms with Crippen LogP contribution < -0.4 is 16.4 Å². The summed E-state index contributed by atoms with van der Waals surface area (Å²) in [5, 5.41) is 6.29. The number of carbonyl (C=O) groups excluding carboxylic acids is 3. The molecule has 3 aromatic rings. The number of halogens is 1. The maximum atomic E-state index is 13.3. The minimum Gasteiger partial charge on any atom is -0.448 e. The molecule has 1 aliphatic heterocycles. The van der Waals surface area contributed by atoms with Crippen molar-refractivity contribution in [3.8, 4) is 0 Å². The molecule has 4 N–H and O–H groups in total. The zero-order chi connectivity index (χ0) is 25.2. The fourth-order valence-electron chi connectivity index (χ4n) is 4.76. The second kappa shape index (κ2) is 10.1. The maximum absolute atomic E-state index is 13.3. The van der Waals surface area contributed by atoms with E-state index in [0.29, 0.717) is 42.0 Å². The summed E-state index contributed by atoms with van der Waals surface area (Å²) in [6, 6.07) is 4.82. The van der Waals surface area contributed by atoms with Crippen molar-refractivity contribution in [1.29, 1.82) is 0 Å². The van der Waals surface area contributed by atoms with Crippen molar-refractivity contribution in [3.63, 3.8) is 0 Å². The first-order valence-corrected chi connectivity index (χ1v) is 12.1. The first-order valence-electron chi connectivity index (χ1n) is 11.7. The van der Waals surface area contributed by atoms with Gasteiger partial charge >= 0.3 is 0 Å². The number of ether oxygens (including phenoxy) is 1. The molecule has 0 aromatic carbocycles. The molecular weight excluding hydrogens is 488 g/mol. The Bertz CT molecular complexity index is 1300. The van der Waals surface area contributed by atoms with Gasteiger partial charge in [0.25, 0.3) is 5.91 Å². The van der Waals surface area contributed by atoms with Crippen molar-refractivity contribution < 1.29 is 23.5 Å². The number of aromatic nitrogens is 2. The fourth-order valence-corrected chi connectivity index (χ4v) is 4.88. The van der Waals surface area contributed by atoms with E-state index in [1.165, 1.54) is 12.4 Å². The van der Waals surface area contributed by atoms with Crippen LogP contribution in [0.5, 0.6) is 0 Å². The second-order valence-electron chi connectivity index (χ2n) is 8.83. The van der Waals surface area contributed by atoms with Crippen molar-refractivity contribution in [2.45, 2.75) is 31.7 Å². The SMILES string of the molecule is Nc1nccc2oc(C(=O)Nc3ccc(Cl)cn3)c(NC(=O)[C@H]3CC[C@H](N4CCOCC4=O)CC3)c12. The number of rotatable bonds is 5. The highest BCUT2D eigenvalue weighted by Crippen LogP contribution is 2.36. The summed E-state index contributed by atoms with van der Waals surface area (Å²) in [5.41, 5.74) is 6.56. The fraction of sp³-hybridized carbons (Fsp3) is 0.375. The Kier molecular flexibility index (Phi) is 6.75. The minimum atomic E-state index is -0.606. The van der Waals surface area contributed by atoms with E-state index in [-0.39, 0.29) is 53.5 Å². The van der Waals surface area contributed by atoms with Crippen LogP contribution in [0.1, 0.15) is 36.2 Å². The van der Waals surface area contributed by atoms with Crippen molar-refractivity contribution in [2.75, 3.05) is 36.1 Å². The molecule has 2 fully saturated rings. The maximum Gasteiger partial charge on any atom is 0.294 e. The molecule has 0 radical (unpaired) electrons. The number of furan rings is 1. The molecule has 1 saturated carbocycles. The van der Waals surface area contributed by atoms with Gasteiger partial charge in [0, 0.05) is 30.9 Å². The number of hydrogen-bond donors (Lipinski definition) is 3. The van der Waals surface area contributed by atoms with Gasteiger partial charge in [-0.3, -0.25) is 14.4 Å². The predicted molar refractivity (Wildman–Crippen MR) is 133 cm³/mol. The summed E-state index contributed by atoms with van der Waals surface area (Å²) in [6.07, 6.45) is 5.52. The molecule has 1 aliphatic carbocycles. The summed E-state index contributed by atoms with van der Waals surface area (Å²) >= 11 is 5.87. The molecule has 12 heteroatoms. The van der Waals surface area contributed by atoms with E-state index in [4.69, 9.17) is 26.5 Å². The minimum absolute atomic E-state index is 0.00664. The third-order valence-corrected chi connectivity index (χ3v) is 6.81. The molecule has 3 aromatic heterocycles. The van der Waals surface area contributed by atoms with Crippen molar-refractivity contribution >= 4 is 57.6 Å². The van der Waals surface area contributed by atoms with Crippen LogP contribution >= 0.6 is 11.6 Å². The standard InChI is InChI=1S/C24H25ClN6O5/c25-14-3-6-17(28-11-14)29-24(34)21-20(19-16(36-21)7-8-27-22(19)26)30-23(33)13-1-4-15(5-2-13)31-9-10-35-12-18(31)32/h3,6-8,11,13,15H,1-2,4-5,9-10,12H2,(H2,26,27)(H,30,33)(H,28,29,34)/t13-,15-. The molecule has 4 heterocycles. The van der Waals surface area contributed by atoms with Crippen molar-refractivity contribution in [1.82, 2.24) is 14.9 Å². The van der Waals surface area contributed by atoms with Crippen LogP contribution in [0.15, 0.2) is 35.0 Å². The lowest BCUT2D eigenvalue weighted by atomic mass is 9.84. The van der Waals surface area contributed by atoms with Gasteiger partial charge in [0.1, 0.15) is 29.5 Å². The van der Waals surface area contributed by atoms with Crippen LogP contribution in [0.3, 0.4) is 0 Å². The molecule has 1 saturated heterocycles. The third-order valence-electron chi connectivity index (χ3n) is 6.59. The van der Waals surface area contributed by atoms with Gasteiger partial charge in [-0.25, -0.2) is 9.97 Å². The second-order valence-corrected chi connectivity index (χ2v) is 9.26. The molecular formula is C24H25ClN6O5. The zero-order valence-electron chi connectivity index (χ0n) is 19.3. The van der Waals surface area contributed by atoms with Crippen molar-refractivity contribution in [3.05, 3.63) is 41.4 Å². The van der Waals surface area contributed by atoms with Gasteiger partial charge in [-0.2, -0.15) is 0 Å². The summed E-state index contributed by atoms with van der Waals surface area (Å²) < 4.78 is 11.0. The molecule has 11 nitrogen and oxygen atoms in total. The summed E-state index contributed by atoms with van der Waals surface area (Å²) in [7, 11) is 0. The number of amides is 3. The Morgan fingerprint density at radius 1 is 1.11 bits per heavy atom. The highest BCUT2D eigenvalue weighted by atomic mass is 35.5. The lowest BCUT2D eigenvalue weighted by Crippen LogP contribution is -2.49. The van der Waals surface area contributed by atoms with Crippen molar-refractivity contribution in [2.24, 2.45) is 5.92 Å². The lowest BCUT2D eigenvalue weighted by molar-refractivity contribution is -0.146. The molecule has 0 spiro atoms. The Labute approximate surface area is 211 Å². The average molecular weight is 513 g/mol. The van der Waals surface area contributed by atoms with Crippen LogP contribution in [0.25, 0.3) is 11.0 Å². The van der Waals surface area contributed by atoms with E-state index in [2.05, 4.69) is 20.6 Å². The molecule has 0 atom stereocenters. The third kappa shape index (κ3) is 4.84. The van der Waals surface area contributed by atoms with Gasteiger partial charge in [0.05, 0.1) is 17.0 Å². The highest BCUT2D eigenvalue weighted by molar-refractivity contribution is 6.30. The number of morpholine rings is 1. The van der Waals surface area contributed by atoms with Crippen LogP contribution in [0.2, 0.25) is 5.02 Å². The molecule has 36 heavy (non-hydrogen) atoms. The molecule has 3 amide bonds. The Balaban J connectivity index is 1.33. The summed E-state index contributed by atoms with van der Waals surface area (Å²) in [6.45, 7) is 1.22. The number of nitrogens with one attached hydrogen (secondary N) is 2. The molecule has 188 valence electrons. The van der Waals surface area contributed by atoms with Crippen LogP contribution in [0.4, 0.5) is 17.3 Å². The van der Waals surface area contributed by atoms with Crippen LogP contribution in [-0.2, 0) is 14.3 Å². The highest BCUT2D eigenvalue weighted by Gasteiger charge is 2.34.